The zero-order chi connectivity index (χ0) is 18.4. The van der Waals surface area contributed by atoms with E-state index in [0.29, 0.717) is 36.2 Å². The molecule has 26 heavy (non-hydrogen) atoms. The maximum atomic E-state index is 12.2. The van der Waals surface area contributed by atoms with Gasteiger partial charge in [0.25, 0.3) is 5.52 Å². The summed E-state index contributed by atoms with van der Waals surface area (Å²) in [6, 6.07) is 5.06. The molecule has 0 unspecified atom stereocenters. The molecule has 1 aromatic heterocycles. The van der Waals surface area contributed by atoms with Crippen molar-refractivity contribution in [3.8, 4) is 5.75 Å². The number of carbonyl (C=O) groups excluding carboxylic acids is 1. The Bertz CT molecular complexity index is 740. The number of hydrogen-bond donors (Lipinski definition) is 1. The van der Waals surface area contributed by atoms with Crippen molar-refractivity contribution in [1.29, 1.82) is 0 Å². The van der Waals surface area contributed by atoms with Gasteiger partial charge in [0.05, 0.1) is 26.7 Å². The number of carbonyl (C=O) groups is 1. The Morgan fingerprint density at radius 3 is 2.96 bits per heavy atom. The molecular formula is C18H25N3O5. The van der Waals surface area contributed by atoms with Crippen LogP contribution in [0.25, 0.3) is 11.1 Å². The summed E-state index contributed by atoms with van der Waals surface area (Å²) >= 11 is 0. The number of methoxy groups -OCH3 is 1. The fraction of sp³-hybridized carbons (Fsp3) is 0.556. The number of benzene rings is 1. The number of nitrogens with zero attached hydrogens (tertiary/aromatic N) is 2. The van der Waals surface area contributed by atoms with Gasteiger partial charge < -0.3 is 24.4 Å². The van der Waals surface area contributed by atoms with Crippen LogP contribution in [-0.2, 0) is 16.0 Å². The average Bonchev–Trinajstić information content (AvgIpc) is 2.98. The molecule has 8 heteroatoms. The van der Waals surface area contributed by atoms with Crippen LogP contribution in [0.2, 0.25) is 0 Å². The second-order valence-electron chi connectivity index (χ2n) is 6.28. The molecule has 1 amide bonds. The van der Waals surface area contributed by atoms with Crippen molar-refractivity contribution >= 4 is 17.0 Å². The molecule has 1 aromatic carbocycles. The fourth-order valence-corrected chi connectivity index (χ4v) is 3.01. The number of hydrogen-bond acceptors (Lipinski definition) is 6. The highest BCUT2D eigenvalue weighted by molar-refractivity contribution is 5.75. The van der Waals surface area contributed by atoms with Crippen LogP contribution in [0, 0.1) is 5.21 Å². The summed E-state index contributed by atoms with van der Waals surface area (Å²) in [7, 11) is 1.56. The summed E-state index contributed by atoms with van der Waals surface area (Å²) < 4.78 is 16.8. The van der Waals surface area contributed by atoms with Crippen molar-refractivity contribution in [2.75, 3.05) is 46.5 Å². The van der Waals surface area contributed by atoms with Crippen LogP contribution in [0.4, 0.5) is 0 Å². The first kappa shape index (κ1) is 18.5. The zero-order valence-corrected chi connectivity index (χ0v) is 15.0. The minimum absolute atomic E-state index is 0.00603. The van der Waals surface area contributed by atoms with E-state index in [2.05, 4.69) is 10.2 Å². The molecule has 1 N–H and O–H groups in total. The molecule has 0 bridgehead atoms. The number of ether oxygens (including phenoxy) is 2. The fourth-order valence-electron chi connectivity index (χ4n) is 3.01. The van der Waals surface area contributed by atoms with Crippen molar-refractivity contribution in [2.45, 2.75) is 19.3 Å². The van der Waals surface area contributed by atoms with Gasteiger partial charge in [0.15, 0.2) is 0 Å². The summed E-state index contributed by atoms with van der Waals surface area (Å²) in [5, 5.41) is 15.0. The third-order valence-electron chi connectivity index (χ3n) is 4.48. The molecule has 1 aliphatic heterocycles. The van der Waals surface area contributed by atoms with Gasteiger partial charge in [-0.3, -0.25) is 9.69 Å². The highest BCUT2D eigenvalue weighted by atomic mass is 16.5. The van der Waals surface area contributed by atoms with Crippen LogP contribution >= 0.6 is 0 Å². The number of oxazole rings is 1. The predicted octanol–water partition coefficient (Wildman–Crippen LogP) is 0.846. The molecule has 0 aliphatic carbocycles. The quantitative estimate of drug-likeness (QED) is 0.552. The topological polar surface area (TPSA) is 90.9 Å². The summed E-state index contributed by atoms with van der Waals surface area (Å²) in [5.41, 5.74) is 0.934. The number of nitrogens with one attached hydrogen (secondary N) is 1. The Morgan fingerprint density at radius 2 is 2.19 bits per heavy atom. The molecule has 1 saturated heterocycles. The third-order valence-corrected chi connectivity index (χ3v) is 4.48. The van der Waals surface area contributed by atoms with Gasteiger partial charge >= 0.3 is 5.89 Å². The average molecular weight is 363 g/mol. The van der Waals surface area contributed by atoms with Gasteiger partial charge in [-0.15, -0.1) is 4.73 Å². The molecular weight excluding hydrogens is 338 g/mol. The van der Waals surface area contributed by atoms with E-state index in [-0.39, 0.29) is 11.8 Å². The van der Waals surface area contributed by atoms with E-state index in [4.69, 9.17) is 13.9 Å². The monoisotopic (exact) mass is 363 g/mol. The SMILES string of the molecule is COc1ccc2c(c1)oc(CCNC(=O)CCCN1CCOCC1)[n+]2[O-]. The highest BCUT2D eigenvalue weighted by Gasteiger charge is 2.18. The van der Waals surface area contributed by atoms with Crippen molar-refractivity contribution in [1.82, 2.24) is 10.2 Å². The van der Waals surface area contributed by atoms with Crippen molar-refractivity contribution < 1.29 is 23.4 Å². The van der Waals surface area contributed by atoms with Gasteiger partial charge in [-0.1, -0.05) is 0 Å². The Labute approximate surface area is 152 Å². The van der Waals surface area contributed by atoms with E-state index < -0.39 is 0 Å². The van der Waals surface area contributed by atoms with Crippen LogP contribution in [0.1, 0.15) is 18.7 Å². The van der Waals surface area contributed by atoms with Crippen LogP contribution in [-0.4, -0.2) is 57.3 Å². The van der Waals surface area contributed by atoms with Gasteiger partial charge in [0.1, 0.15) is 5.75 Å². The van der Waals surface area contributed by atoms with E-state index in [1.165, 1.54) is 0 Å². The van der Waals surface area contributed by atoms with Gasteiger partial charge in [-0.2, -0.15) is 0 Å². The lowest BCUT2D eigenvalue weighted by atomic mass is 10.2. The van der Waals surface area contributed by atoms with Crippen LogP contribution in [0.15, 0.2) is 22.6 Å². The Kier molecular flexibility index (Phi) is 6.30. The molecule has 8 nitrogen and oxygen atoms in total. The summed E-state index contributed by atoms with van der Waals surface area (Å²) in [4.78, 5) is 14.2. The molecule has 3 rings (SSSR count). The second-order valence-corrected chi connectivity index (χ2v) is 6.28. The normalized spacial score (nSPS) is 15.3. The maximum Gasteiger partial charge on any atom is 0.361 e. The number of aromatic nitrogens is 1. The number of rotatable bonds is 8. The Hall–Kier alpha value is -2.32. The third kappa shape index (κ3) is 4.64. The first-order valence-electron chi connectivity index (χ1n) is 8.93. The molecule has 142 valence electrons. The maximum absolute atomic E-state index is 12.2. The molecule has 2 aromatic rings. The van der Waals surface area contributed by atoms with E-state index in [9.17, 15) is 10.0 Å². The first-order chi connectivity index (χ1) is 12.7. The largest absolute Gasteiger partial charge is 0.616 e. The predicted molar refractivity (Wildman–Crippen MR) is 94.9 cm³/mol. The van der Waals surface area contributed by atoms with Gasteiger partial charge in [0.2, 0.25) is 11.5 Å². The zero-order valence-electron chi connectivity index (χ0n) is 15.0. The molecule has 0 radical (unpaired) electrons. The van der Waals surface area contributed by atoms with E-state index in [1.807, 2.05) is 0 Å². The standard InChI is InChI=1S/C18H25N3O5/c1-24-14-4-5-15-16(13-14)26-18(21(15)23)6-7-19-17(22)3-2-8-20-9-11-25-12-10-20/h4-5,13H,2-3,6-12H2,1H3,(H,19,22). The lowest BCUT2D eigenvalue weighted by Gasteiger charge is -2.26. The molecule has 0 saturated carbocycles. The minimum atomic E-state index is -0.00603. The van der Waals surface area contributed by atoms with E-state index in [1.54, 1.807) is 25.3 Å². The lowest BCUT2D eigenvalue weighted by molar-refractivity contribution is -0.592. The summed E-state index contributed by atoms with van der Waals surface area (Å²) in [6.45, 7) is 4.68. The number of amides is 1. The Balaban J connectivity index is 1.41. The first-order valence-corrected chi connectivity index (χ1v) is 8.93. The Morgan fingerprint density at radius 1 is 1.38 bits per heavy atom. The molecule has 1 fully saturated rings. The van der Waals surface area contributed by atoms with Gasteiger partial charge in [0, 0.05) is 38.2 Å². The van der Waals surface area contributed by atoms with E-state index >= 15 is 0 Å². The highest BCUT2D eigenvalue weighted by Crippen LogP contribution is 2.20. The lowest BCUT2D eigenvalue weighted by Crippen LogP contribution is -2.37. The molecule has 0 spiro atoms. The van der Waals surface area contributed by atoms with Crippen LogP contribution < -0.4 is 14.8 Å². The van der Waals surface area contributed by atoms with Gasteiger partial charge in [-0.25, -0.2) is 0 Å². The van der Waals surface area contributed by atoms with Crippen LogP contribution in [0.5, 0.6) is 5.75 Å². The van der Waals surface area contributed by atoms with Crippen LogP contribution in [0.3, 0.4) is 0 Å². The second kappa shape index (κ2) is 8.86. The van der Waals surface area contributed by atoms with Gasteiger partial charge in [-0.05, 0) is 19.0 Å². The summed E-state index contributed by atoms with van der Waals surface area (Å²) in [5.74, 6) is 0.905. The van der Waals surface area contributed by atoms with Crippen molar-refractivity contribution in [2.24, 2.45) is 0 Å². The number of fused-ring (bicyclic) bond motifs is 1. The number of morpholine rings is 1. The molecule has 0 atom stereocenters. The molecule has 1 aliphatic rings. The summed E-state index contributed by atoms with van der Waals surface area (Å²) in [6.07, 6.45) is 1.64. The minimum Gasteiger partial charge on any atom is -0.616 e. The van der Waals surface area contributed by atoms with Crippen molar-refractivity contribution in [3.63, 3.8) is 0 Å². The van der Waals surface area contributed by atoms with E-state index in [0.717, 1.165) is 44.0 Å². The van der Waals surface area contributed by atoms with Crippen molar-refractivity contribution in [3.05, 3.63) is 29.3 Å². The molecule has 2 heterocycles. The smallest absolute Gasteiger partial charge is 0.361 e.